The fourth-order valence-electron chi connectivity index (χ4n) is 4.40. The van der Waals surface area contributed by atoms with Crippen molar-refractivity contribution >= 4 is 31.9 Å². The molecule has 3 unspecified atom stereocenters. The van der Waals surface area contributed by atoms with E-state index in [0.29, 0.717) is 35.2 Å². The van der Waals surface area contributed by atoms with E-state index in [1.807, 2.05) is 0 Å². The summed E-state index contributed by atoms with van der Waals surface area (Å²) in [5.41, 5.74) is 1.88. The van der Waals surface area contributed by atoms with Crippen LogP contribution in [0.25, 0.3) is 0 Å². The molecular weight excluding hydrogens is 469 g/mol. The molecule has 2 fully saturated rings. The monoisotopic (exact) mass is 487 g/mol. The summed E-state index contributed by atoms with van der Waals surface area (Å²) in [6.07, 6.45) is 2.20. The van der Waals surface area contributed by atoms with E-state index in [4.69, 9.17) is 9.77 Å². The highest BCUT2D eigenvalue weighted by Gasteiger charge is 2.48. The maximum Gasteiger partial charge on any atom is 0.277 e. The van der Waals surface area contributed by atoms with Gasteiger partial charge in [-0.25, -0.2) is 14.2 Å². The zero-order valence-corrected chi connectivity index (χ0v) is 17.6. The lowest BCUT2D eigenvalue weighted by Gasteiger charge is -2.28. The molecular formula is C17H19BrFN5O4S. The van der Waals surface area contributed by atoms with E-state index < -0.39 is 10.2 Å². The van der Waals surface area contributed by atoms with Gasteiger partial charge in [-0.15, -0.1) is 0 Å². The van der Waals surface area contributed by atoms with Crippen LogP contribution in [0.15, 0.2) is 32.5 Å². The summed E-state index contributed by atoms with van der Waals surface area (Å²) in [6.45, 7) is 0.402. The van der Waals surface area contributed by atoms with E-state index in [0.717, 1.165) is 12.0 Å². The lowest BCUT2D eigenvalue weighted by Crippen LogP contribution is -2.43. The van der Waals surface area contributed by atoms with Crippen LogP contribution in [0.3, 0.4) is 0 Å². The molecule has 4 rings (SSSR count). The van der Waals surface area contributed by atoms with Crippen molar-refractivity contribution in [2.45, 2.75) is 31.7 Å². The van der Waals surface area contributed by atoms with E-state index in [1.165, 1.54) is 10.4 Å². The maximum atomic E-state index is 13.4. The second-order valence-corrected chi connectivity index (χ2v) is 9.85. The molecule has 3 N–H and O–H groups in total. The molecule has 1 saturated heterocycles. The Kier molecular flexibility index (Phi) is 5.44. The first kappa shape index (κ1) is 20.4. The molecule has 0 spiro atoms. The number of aromatic nitrogens is 2. The van der Waals surface area contributed by atoms with Crippen LogP contribution in [-0.4, -0.2) is 46.5 Å². The zero-order valence-electron chi connectivity index (χ0n) is 15.2. The lowest BCUT2D eigenvalue weighted by atomic mass is 9.89. The number of halogens is 2. The van der Waals surface area contributed by atoms with Gasteiger partial charge < -0.3 is 5.21 Å². The summed E-state index contributed by atoms with van der Waals surface area (Å²) in [5.74, 6) is 0.0128. The van der Waals surface area contributed by atoms with Gasteiger partial charge in [-0.3, -0.25) is 0 Å². The number of piperidine rings is 1. The van der Waals surface area contributed by atoms with Crippen molar-refractivity contribution in [2.75, 3.05) is 6.54 Å². The normalized spacial score (nSPS) is 25.1. The fraction of sp³-hybridized carbons (Fsp3) is 0.471. The van der Waals surface area contributed by atoms with E-state index in [9.17, 15) is 18.0 Å². The van der Waals surface area contributed by atoms with Gasteiger partial charge in [0.2, 0.25) is 0 Å². The summed E-state index contributed by atoms with van der Waals surface area (Å²) in [5, 5.41) is 26.0. The SMILES string of the molecule is NS(=O)(=O)N1CC2CC1CC2Cc1nonc1C(Cc1ccc(F)c(Br)c1)=NO. The Bertz CT molecular complexity index is 1060. The molecule has 0 radical (unpaired) electrons. The number of rotatable bonds is 6. The maximum absolute atomic E-state index is 13.4. The predicted molar refractivity (Wildman–Crippen MR) is 104 cm³/mol. The predicted octanol–water partition coefficient (Wildman–Crippen LogP) is 1.85. The van der Waals surface area contributed by atoms with Crippen molar-refractivity contribution in [3.05, 3.63) is 45.4 Å². The molecule has 2 bridgehead atoms. The second-order valence-electron chi connectivity index (χ2n) is 7.50. The Balaban J connectivity index is 1.48. The molecule has 9 nitrogen and oxygen atoms in total. The number of nitrogens with two attached hydrogens (primary N) is 1. The third-order valence-corrected chi connectivity index (χ3v) is 7.44. The Labute approximate surface area is 175 Å². The number of hydrogen-bond acceptors (Lipinski definition) is 7. The molecule has 2 aliphatic rings. The average Bonchev–Trinajstić information content (AvgIpc) is 3.38. The van der Waals surface area contributed by atoms with Gasteiger partial charge >= 0.3 is 0 Å². The van der Waals surface area contributed by atoms with Crippen LogP contribution in [0.1, 0.15) is 29.8 Å². The van der Waals surface area contributed by atoms with Gasteiger partial charge in [-0.2, -0.15) is 12.7 Å². The van der Waals surface area contributed by atoms with Crippen LogP contribution in [0.4, 0.5) is 4.39 Å². The topological polar surface area (TPSA) is 135 Å². The molecule has 2 heterocycles. The van der Waals surface area contributed by atoms with Crippen LogP contribution < -0.4 is 5.14 Å². The third kappa shape index (κ3) is 4.06. The second kappa shape index (κ2) is 7.74. The van der Waals surface area contributed by atoms with Gasteiger partial charge in [0.15, 0.2) is 5.69 Å². The van der Waals surface area contributed by atoms with Crippen molar-refractivity contribution in [2.24, 2.45) is 22.1 Å². The zero-order chi connectivity index (χ0) is 20.8. The standard InChI is InChI=1S/C17H19BrFN5O4S/c18-13-3-9(1-2-14(13)19)4-15(21-25)17-16(22-28-23-17)7-10-5-12-6-11(10)8-24(12)29(20,26)27/h1-3,10-12,25H,4-8H2,(H2,20,26,27). The minimum atomic E-state index is -3.68. The summed E-state index contributed by atoms with van der Waals surface area (Å²) in [4.78, 5) is 0. The van der Waals surface area contributed by atoms with Gasteiger partial charge in [0, 0.05) is 19.0 Å². The van der Waals surface area contributed by atoms with Crippen molar-refractivity contribution < 1.29 is 22.6 Å². The van der Waals surface area contributed by atoms with Crippen LogP contribution in [0.2, 0.25) is 0 Å². The molecule has 1 aliphatic carbocycles. The Hall–Kier alpha value is -1.89. The van der Waals surface area contributed by atoms with Gasteiger partial charge in [-0.05, 0) is 69.9 Å². The number of nitrogens with zero attached hydrogens (tertiary/aromatic N) is 4. The van der Waals surface area contributed by atoms with Gasteiger partial charge in [0.1, 0.15) is 17.2 Å². The minimum absolute atomic E-state index is 0.0918. The van der Waals surface area contributed by atoms with E-state index in [-0.39, 0.29) is 35.8 Å². The van der Waals surface area contributed by atoms with Crippen LogP contribution in [0.5, 0.6) is 0 Å². The number of fused-ring (bicyclic) bond motifs is 2. The largest absolute Gasteiger partial charge is 0.411 e. The number of benzene rings is 1. The van der Waals surface area contributed by atoms with Crippen molar-refractivity contribution in [3.8, 4) is 0 Å². The first-order valence-electron chi connectivity index (χ1n) is 9.02. The van der Waals surface area contributed by atoms with E-state index in [1.54, 1.807) is 12.1 Å². The number of hydrogen-bond donors (Lipinski definition) is 2. The first-order valence-corrected chi connectivity index (χ1v) is 11.3. The Morgan fingerprint density at radius 2 is 2.21 bits per heavy atom. The summed E-state index contributed by atoms with van der Waals surface area (Å²) in [6, 6.07) is 4.43. The molecule has 1 saturated carbocycles. The Morgan fingerprint density at radius 3 is 2.83 bits per heavy atom. The highest BCUT2D eigenvalue weighted by atomic mass is 79.9. The van der Waals surface area contributed by atoms with Crippen LogP contribution in [-0.2, 0) is 23.1 Å². The highest BCUT2D eigenvalue weighted by molar-refractivity contribution is 9.10. The molecule has 1 aliphatic heterocycles. The highest BCUT2D eigenvalue weighted by Crippen LogP contribution is 2.44. The van der Waals surface area contributed by atoms with Crippen LogP contribution >= 0.6 is 15.9 Å². The van der Waals surface area contributed by atoms with E-state index in [2.05, 4.69) is 31.4 Å². The lowest BCUT2D eigenvalue weighted by molar-refractivity contribution is 0.255. The molecule has 1 aromatic carbocycles. The van der Waals surface area contributed by atoms with Crippen molar-refractivity contribution in [3.63, 3.8) is 0 Å². The van der Waals surface area contributed by atoms with Gasteiger partial charge in [-0.1, -0.05) is 16.4 Å². The summed E-state index contributed by atoms with van der Waals surface area (Å²) < 4.78 is 43.3. The quantitative estimate of drug-likeness (QED) is 0.362. The van der Waals surface area contributed by atoms with Gasteiger partial charge in [0.05, 0.1) is 4.47 Å². The summed E-state index contributed by atoms with van der Waals surface area (Å²) >= 11 is 3.14. The van der Waals surface area contributed by atoms with E-state index >= 15 is 0 Å². The summed E-state index contributed by atoms with van der Waals surface area (Å²) in [7, 11) is -3.68. The number of oxime groups is 1. The first-order chi connectivity index (χ1) is 13.8. The van der Waals surface area contributed by atoms with Gasteiger partial charge in [0.25, 0.3) is 10.2 Å². The minimum Gasteiger partial charge on any atom is -0.411 e. The average molecular weight is 488 g/mol. The molecule has 2 aromatic rings. The molecule has 29 heavy (non-hydrogen) atoms. The molecule has 0 amide bonds. The molecule has 156 valence electrons. The third-order valence-electron chi connectivity index (χ3n) is 5.73. The van der Waals surface area contributed by atoms with Crippen molar-refractivity contribution in [1.29, 1.82) is 0 Å². The van der Waals surface area contributed by atoms with Crippen molar-refractivity contribution in [1.82, 2.24) is 14.6 Å². The molecule has 12 heteroatoms. The smallest absolute Gasteiger partial charge is 0.277 e. The molecule has 1 aromatic heterocycles. The Morgan fingerprint density at radius 1 is 1.41 bits per heavy atom. The van der Waals surface area contributed by atoms with Crippen LogP contribution in [0, 0.1) is 17.7 Å². The molecule has 3 atom stereocenters. The fourth-order valence-corrected chi connectivity index (χ4v) is 5.81.